The van der Waals surface area contributed by atoms with Crippen molar-refractivity contribution in [3.05, 3.63) is 23.9 Å². The molecule has 0 amide bonds. The summed E-state index contributed by atoms with van der Waals surface area (Å²) in [5.74, 6) is -0.625. The van der Waals surface area contributed by atoms with Gasteiger partial charge in [0.05, 0.1) is 0 Å². The molecule has 61 valence electrons. The molecule has 0 unspecified atom stereocenters. The summed E-state index contributed by atoms with van der Waals surface area (Å²) in [5.41, 5.74) is -1.09. The Morgan fingerprint density at radius 3 is 2.17 bits per heavy atom. The topological polar surface area (TPSA) is 33.1 Å². The largest absolute Gasteiger partial charge is 0.493 e. The summed E-state index contributed by atoms with van der Waals surface area (Å²) < 4.78 is 35.4. The van der Waals surface area contributed by atoms with E-state index in [1.165, 1.54) is 0 Å². The molecule has 0 aliphatic heterocycles. The maximum Gasteiger partial charge on any atom is 0.433 e. The van der Waals surface area contributed by atoms with E-state index in [0.29, 0.717) is 0 Å². The van der Waals surface area contributed by atoms with Crippen LogP contribution in [0.4, 0.5) is 13.2 Å². The van der Waals surface area contributed by atoms with Crippen LogP contribution in [0.25, 0.3) is 0 Å². The minimum atomic E-state index is -4.49. The van der Waals surface area contributed by atoms with E-state index in [4.69, 9.17) is 5.11 Å². The average Bonchev–Trinajstić information content (AvgIpc) is 1.86. The standard InChI is InChI=1S/C6H4F3NO.Na/c7-6(8,9)4-2-1-3-5(11)10-4;/h1-3H,(H,10,11);. The maximum absolute atomic E-state index is 11.8. The van der Waals surface area contributed by atoms with Crippen LogP contribution in [-0.2, 0) is 6.18 Å². The summed E-state index contributed by atoms with van der Waals surface area (Å²) in [6.07, 6.45) is -4.49. The van der Waals surface area contributed by atoms with Gasteiger partial charge in [0, 0.05) is 35.6 Å². The van der Waals surface area contributed by atoms with Crippen LogP contribution in [0.5, 0.6) is 5.88 Å². The molecule has 0 aliphatic rings. The van der Waals surface area contributed by atoms with Crippen LogP contribution in [0.15, 0.2) is 18.2 Å². The van der Waals surface area contributed by atoms with Gasteiger partial charge in [0.2, 0.25) is 5.88 Å². The molecular formula is C6H4F3NNaO. The van der Waals surface area contributed by atoms with Crippen LogP contribution in [0, 0.1) is 0 Å². The van der Waals surface area contributed by atoms with Crippen molar-refractivity contribution >= 4 is 29.6 Å². The van der Waals surface area contributed by atoms with Gasteiger partial charge >= 0.3 is 6.18 Å². The summed E-state index contributed by atoms with van der Waals surface area (Å²) in [4.78, 5) is 2.88. The molecule has 2 nitrogen and oxygen atoms in total. The summed E-state index contributed by atoms with van der Waals surface area (Å²) >= 11 is 0. The number of hydrogen-bond acceptors (Lipinski definition) is 2. The molecule has 0 saturated heterocycles. The minimum Gasteiger partial charge on any atom is -0.493 e. The Bertz CT molecular complexity index is 263. The molecule has 6 heteroatoms. The van der Waals surface area contributed by atoms with E-state index in [1.807, 2.05) is 0 Å². The van der Waals surface area contributed by atoms with Crippen LogP contribution in [0.1, 0.15) is 5.69 Å². The van der Waals surface area contributed by atoms with Gasteiger partial charge in [0.15, 0.2) is 0 Å². The van der Waals surface area contributed by atoms with Crippen LogP contribution in [0.3, 0.4) is 0 Å². The molecule has 0 aromatic carbocycles. The molecule has 1 heterocycles. The van der Waals surface area contributed by atoms with E-state index in [9.17, 15) is 13.2 Å². The van der Waals surface area contributed by atoms with Gasteiger partial charge in [-0.2, -0.15) is 13.2 Å². The molecule has 1 aromatic rings. The number of halogens is 3. The number of rotatable bonds is 0. The molecule has 0 spiro atoms. The normalized spacial score (nSPS) is 10.6. The minimum absolute atomic E-state index is 0. The van der Waals surface area contributed by atoms with Gasteiger partial charge in [0.25, 0.3) is 0 Å². The predicted octanol–water partition coefficient (Wildman–Crippen LogP) is 1.43. The monoisotopic (exact) mass is 186 g/mol. The number of alkyl halides is 3. The molecular weight excluding hydrogens is 182 g/mol. The third kappa shape index (κ3) is 3.00. The molecule has 0 atom stereocenters. The van der Waals surface area contributed by atoms with Crippen molar-refractivity contribution in [2.24, 2.45) is 0 Å². The molecule has 1 rings (SSSR count). The predicted molar refractivity (Wildman–Crippen MR) is 36.7 cm³/mol. The molecule has 0 saturated carbocycles. The number of hydrogen-bond donors (Lipinski definition) is 1. The van der Waals surface area contributed by atoms with Crippen LogP contribution in [0.2, 0.25) is 0 Å². The van der Waals surface area contributed by atoms with E-state index in [0.717, 1.165) is 18.2 Å². The number of pyridine rings is 1. The van der Waals surface area contributed by atoms with Crippen molar-refractivity contribution in [1.29, 1.82) is 0 Å². The second-order valence-electron chi connectivity index (χ2n) is 1.88. The molecule has 12 heavy (non-hydrogen) atoms. The van der Waals surface area contributed by atoms with E-state index < -0.39 is 17.8 Å². The second-order valence-corrected chi connectivity index (χ2v) is 1.88. The van der Waals surface area contributed by atoms with Crippen molar-refractivity contribution < 1.29 is 18.3 Å². The Hall–Kier alpha value is -0.260. The third-order valence-electron chi connectivity index (χ3n) is 1.02. The van der Waals surface area contributed by atoms with Crippen LogP contribution >= 0.6 is 0 Å². The Morgan fingerprint density at radius 1 is 1.25 bits per heavy atom. The van der Waals surface area contributed by atoms with Gasteiger partial charge in [-0.05, 0) is 6.07 Å². The van der Waals surface area contributed by atoms with Gasteiger partial charge in [0.1, 0.15) is 5.69 Å². The Labute approximate surface area is 88.7 Å². The van der Waals surface area contributed by atoms with Crippen molar-refractivity contribution in [2.45, 2.75) is 6.18 Å². The Balaban J connectivity index is 0.00000121. The van der Waals surface area contributed by atoms with Crippen LogP contribution in [-0.4, -0.2) is 39.6 Å². The fourth-order valence-electron chi connectivity index (χ4n) is 0.581. The summed E-state index contributed by atoms with van der Waals surface area (Å²) in [6.45, 7) is 0. The smallest absolute Gasteiger partial charge is 0.433 e. The molecule has 0 aliphatic carbocycles. The zero-order chi connectivity index (χ0) is 8.48. The molecule has 1 N–H and O–H groups in total. The fraction of sp³-hybridized carbons (Fsp3) is 0.167. The van der Waals surface area contributed by atoms with Gasteiger partial charge < -0.3 is 5.11 Å². The third-order valence-corrected chi connectivity index (χ3v) is 1.02. The first kappa shape index (κ1) is 11.7. The van der Waals surface area contributed by atoms with Crippen molar-refractivity contribution in [3.8, 4) is 5.88 Å². The Morgan fingerprint density at radius 2 is 1.83 bits per heavy atom. The fourth-order valence-corrected chi connectivity index (χ4v) is 0.581. The summed E-state index contributed by atoms with van der Waals surface area (Å²) in [6, 6.07) is 2.96. The molecule has 1 radical (unpaired) electrons. The number of aromatic nitrogens is 1. The number of nitrogens with zero attached hydrogens (tertiary/aromatic N) is 1. The zero-order valence-electron chi connectivity index (χ0n) is 6.26. The first-order valence-electron chi connectivity index (χ1n) is 2.73. The molecule has 1 aromatic heterocycles. The summed E-state index contributed by atoms with van der Waals surface area (Å²) in [7, 11) is 0. The van der Waals surface area contributed by atoms with E-state index in [2.05, 4.69) is 4.98 Å². The zero-order valence-corrected chi connectivity index (χ0v) is 8.26. The van der Waals surface area contributed by atoms with E-state index in [-0.39, 0.29) is 29.6 Å². The van der Waals surface area contributed by atoms with Gasteiger partial charge in [-0.25, -0.2) is 4.98 Å². The van der Waals surface area contributed by atoms with Gasteiger partial charge in [-0.3, -0.25) is 0 Å². The maximum atomic E-state index is 11.8. The SMILES string of the molecule is Oc1cccc(C(F)(F)F)n1.[Na]. The van der Waals surface area contributed by atoms with Gasteiger partial charge in [-0.15, -0.1) is 0 Å². The van der Waals surface area contributed by atoms with Gasteiger partial charge in [-0.1, -0.05) is 6.07 Å². The van der Waals surface area contributed by atoms with E-state index in [1.54, 1.807) is 0 Å². The first-order chi connectivity index (χ1) is 5.00. The molecule has 0 fully saturated rings. The van der Waals surface area contributed by atoms with Crippen molar-refractivity contribution in [3.63, 3.8) is 0 Å². The first-order valence-corrected chi connectivity index (χ1v) is 2.73. The van der Waals surface area contributed by atoms with Crippen molar-refractivity contribution in [1.82, 2.24) is 4.98 Å². The average molecular weight is 186 g/mol. The van der Waals surface area contributed by atoms with Crippen LogP contribution < -0.4 is 0 Å². The molecule has 0 bridgehead atoms. The summed E-state index contributed by atoms with van der Waals surface area (Å²) in [5, 5.41) is 8.57. The quantitative estimate of drug-likeness (QED) is 0.621. The number of aromatic hydroxyl groups is 1. The second kappa shape index (κ2) is 4.11. The van der Waals surface area contributed by atoms with E-state index >= 15 is 0 Å². The Kier molecular flexibility index (Phi) is 4.02. The van der Waals surface area contributed by atoms with Crippen molar-refractivity contribution in [2.75, 3.05) is 0 Å².